The van der Waals surface area contributed by atoms with Crippen molar-refractivity contribution in [2.24, 2.45) is 0 Å². The van der Waals surface area contributed by atoms with E-state index in [9.17, 15) is 13.2 Å². The molecule has 0 fully saturated rings. The summed E-state index contributed by atoms with van der Waals surface area (Å²) in [6.45, 7) is 6.02. The molecule has 0 heterocycles. The molecule has 0 N–H and O–H groups in total. The molecule has 0 saturated heterocycles. The summed E-state index contributed by atoms with van der Waals surface area (Å²) in [7, 11) is 0. The van der Waals surface area contributed by atoms with Crippen LogP contribution in [-0.4, -0.2) is 6.18 Å². The smallest absolute Gasteiger partial charge is 0.171 e. The van der Waals surface area contributed by atoms with Crippen LogP contribution in [0, 0.1) is 0 Å². The lowest BCUT2D eigenvalue weighted by atomic mass is 9.89. The molecule has 0 saturated carbocycles. The van der Waals surface area contributed by atoms with Crippen molar-refractivity contribution in [2.45, 2.75) is 38.8 Å². The van der Waals surface area contributed by atoms with Crippen LogP contribution in [0.2, 0.25) is 0 Å². The summed E-state index contributed by atoms with van der Waals surface area (Å²) in [5.74, 6) is 0. The third-order valence-electron chi connectivity index (χ3n) is 2.73. The monoisotopic (exact) mass is 242 g/mol. The average Bonchev–Trinajstić information content (AvgIpc) is 2.20. The van der Waals surface area contributed by atoms with Gasteiger partial charge in [0.1, 0.15) is 0 Å². The van der Waals surface area contributed by atoms with Crippen LogP contribution in [0.3, 0.4) is 0 Å². The van der Waals surface area contributed by atoms with Crippen molar-refractivity contribution in [3.05, 3.63) is 47.6 Å². The fourth-order valence-corrected chi connectivity index (χ4v) is 1.83. The summed E-state index contributed by atoms with van der Waals surface area (Å²) >= 11 is 0. The minimum atomic E-state index is -4.12. The van der Waals surface area contributed by atoms with Gasteiger partial charge in [-0.1, -0.05) is 36.5 Å². The highest BCUT2D eigenvalue weighted by atomic mass is 19.4. The van der Waals surface area contributed by atoms with Gasteiger partial charge in [0.25, 0.3) is 0 Å². The van der Waals surface area contributed by atoms with Gasteiger partial charge in [0.15, 0.2) is 0 Å². The summed E-state index contributed by atoms with van der Waals surface area (Å²) in [6.07, 6.45) is 4.21. The minimum Gasteiger partial charge on any atom is -0.171 e. The van der Waals surface area contributed by atoms with Gasteiger partial charge < -0.3 is 0 Å². The first kappa shape index (κ1) is 13.8. The fourth-order valence-electron chi connectivity index (χ4n) is 1.83. The quantitative estimate of drug-likeness (QED) is 0.603. The van der Waals surface area contributed by atoms with E-state index in [4.69, 9.17) is 0 Å². The molecule has 3 heteroatoms. The first-order valence-electron chi connectivity index (χ1n) is 5.68. The summed E-state index contributed by atoms with van der Waals surface area (Å²) in [6, 6.07) is 0. The molecular weight excluding hydrogens is 225 g/mol. The molecule has 0 unspecified atom stereocenters. The highest BCUT2D eigenvalue weighted by Crippen LogP contribution is 2.28. The Morgan fingerprint density at radius 3 is 2.53 bits per heavy atom. The largest absolute Gasteiger partial charge is 0.392 e. The topological polar surface area (TPSA) is 0 Å². The van der Waals surface area contributed by atoms with Crippen molar-refractivity contribution >= 4 is 0 Å². The van der Waals surface area contributed by atoms with E-state index < -0.39 is 12.6 Å². The molecule has 0 atom stereocenters. The second-order valence-corrected chi connectivity index (χ2v) is 4.26. The zero-order chi connectivity index (χ0) is 12.9. The van der Waals surface area contributed by atoms with E-state index in [1.54, 1.807) is 6.08 Å². The van der Waals surface area contributed by atoms with Gasteiger partial charge in [-0.3, -0.25) is 0 Å². The number of alkyl halides is 3. The lowest BCUT2D eigenvalue weighted by Crippen LogP contribution is -2.03. The normalized spacial score (nSPS) is 18.7. The molecule has 1 rings (SSSR count). The second kappa shape index (κ2) is 5.89. The molecule has 94 valence electrons. The summed E-state index contributed by atoms with van der Waals surface area (Å²) in [4.78, 5) is 0. The number of hydrogen-bond acceptors (Lipinski definition) is 0. The van der Waals surface area contributed by atoms with Gasteiger partial charge in [0.05, 0.1) is 6.42 Å². The Hall–Kier alpha value is -1.25. The Kier molecular flexibility index (Phi) is 4.79. The van der Waals surface area contributed by atoms with Crippen LogP contribution in [0.1, 0.15) is 32.6 Å². The van der Waals surface area contributed by atoms with E-state index in [2.05, 4.69) is 6.58 Å². The van der Waals surface area contributed by atoms with E-state index in [0.29, 0.717) is 0 Å². The third kappa shape index (κ3) is 5.07. The molecule has 0 aromatic heterocycles. The Morgan fingerprint density at radius 2 is 1.94 bits per heavy atom. The van der Waals surface area contributed by atoms with Gasteiger partial charge in [-0.2, -0.15) is 13.2 Å². The predicted molar refractivity (Wildman–Crippen MR) is 64.6 cm³/mol. The zero-order valence-corrected chi connectivity index (χ0v) is 9.98. The van der Waals surface area contributed by atoms with Gasteiger partial charge in [-0.25, -0.2) is 0 Å². The van der Waals surface area contributed by atoms with Crippen LogP contribution in [0.4, 0.5) is 13.2 Å². The lowest BCUT2D eigenvalue weighted by Gasteiger charge is -2.17. The molecule has 0 aromatic rings. The van der Waals surface area contributed by atoms with E-state index in [1.807, 2.05) is 13.0 Å². The molecule has 17 heavy (non-hydrogen) atoms. The van der Waals surface area contributed by atoms with Crippen LogP contribution >= 0.6 is 0 Å². The minimum absolute atomic E-state index is 0.879. The van der Waals surface area contributed by atoms with E-state index in [0.717, 1.165) is 36.5 Å². The molecule has 0 bridgehead atoms. The number of allylic oxidation sites excluding steroid dienone is 7. The summed E-state index contributed by atoms with van der Waals surface area (Å²) in [5, 5.41) is 0. The first-order chi connectivity index (χ1) is 7.90. The Bertz CT molecular complexity index is 367. The number of halogens is 3. The maximum absolute atomic E-state index is 11.9. The van der Waals surface area contributed by atoms with Gasteiger partial charge >= 0.3 is 6.18 Å². The third-order valence-corrected chi connectivity index (χ3v) is 2.73. The van der Waals surface area contributed by atoms with Crippen LogP contribution in [0.25, 0.3) is 0 Å². The molecule has 0 amide bonds. The van der Waals surface area contributed by atoms with Gasteiger partial charge in [-0.05, 0) is 37.3 Å². The SMILES string of the molecule is C=C1CCCC(C)=C1/C=C\C=C/CC(F)(F)F. The second-order valence-electron chi connectivity index (χ2n) is 4.26. The maximum atomic E-state index is 11.9. The Labute approximate surface area is 100 Å². The Morgan fingerprint density at radius 1 is 1.24 bits per heavy atom. The molecule has 0 aromatic carbocycles. The lowest BCUT2D eigenvalue weighted by molar-refractivity contribution is -0.125. The van der Waals surface area contributed by atoms with Gasteiger partial charge in [0, 0.05) is 0 Å². The Balaban J connectivity index is 2.56. The molecule has 0 aliphatic heterocycles. The van der Waals surface area contributed by atoms with Crippen molar-refractivity contribution in [1.29, 1.82) is 0 Å². The maximum Gasteiger partial charge on any atom is 0.392 e. The van der Waals surface area contributed by atoms with E-state index in [1.165, 1.54) is 11.6 Å². The fraction of sp³-hybridized carbons (Fsp3) is 0.429. The first-order valence-corrected chi connectivity index (χ1v) is 5.68. The van der Waals surface area contributed by atoms with Crippen molar-refractivity contribution in [3.63, 3.8) is 0 Å². The highest BCUT2D eigenvalue weighted by molar-refractivity contribution is 5.44. The highest BCUT2D eigenvalue weighted by Gasteiger charge is 2.24. The van der Waals surface area contributed by atoms with Crippen LogP contribution in [-0.2, 0) is 0 Å². The molecule has 1 aliphatic rings. The summed E-state index contributed by atoms with van der Waals surface area (Å²) < 4.78 is 35.6. The van der Waals surface area contributed by atoms with Gasteiger partial charge in [0.2, 0.25) is 0 Å². The van der Waals surface area contributed by atoms with Crippen molar-refractivity contribution < 1.29 is 13.2 Å². The number of hydrogen-bond donors (Lipinski definition) is 0. The molecule has 0 spiro atoms. The van der Waals surface area contributed by atoms with E-state index in [-0.39, 0.29) is 0 Å². The molecular formula is C14H17F3. The molecule has 1 aliphatic carbocycles. The van der Waals surface area contributed by atoms with E-state index >= 15 is 0 Å². The molecule has 0 radical (unpaired) electrons. The van der Waals surface area contributed by atoms with Gasteiger partial charge in [-0.15, -0.1) is 0 Å². The van der Waals surface area contributed by atoms with Crippen molar-refractivity contribution in [2.75, 3.05) is 0 Å². The number of rotatable bonds is 3. The molecule has 0 nitrogen and oxygen atoms in total. The van der Waals surface area contributed by atoms with Crippen molar-refractivity contribution in [1.82, 2.24) is 0 Å². The van der Waals surface area contributed by atoms with Crippen LogP contribution in [0.5, 0.6) is 0 Å². The zero-order valence-electron chi connectivity index (χ0n) is 9.98. The predicted octanol–water partition coefficient (Wildman–Crippen LogP) is 5.11. The van der Waals surface area contributed by atoms with Crippen LogP contribution in [0.15, 0.2) is 47.6 Å². The standard InChI is InChI=1S/C14H17F3/c1-11-7-6-8-12(2)13(11)9-4-3-5-10-14(15,16)17/h3-5,9H,1,6-8,10H2,2H3/b5-3-,9-4-. The van der Waals surface area contributed by atoms with Crippen LogP contribution < -0.4 is 0 Å². The summed E-state index contributed by atoms with van der Waals surface area (Å²) in [5.41, 5.74) is 3.43. The average molecular weight is 242 g/mol. The van der Waals surface area contributed by atoms with Crippen molar-refractivity contribution in [3.8, 4) is 0 Å².